The lowest BCUT2D eigenvalue weighted by Crippen LogP contribution is -2.54. The van der Waals surface area contributed by atoms with Gasteiger partial charge in [-0.25, -0.2) is 0 Å². The third kappa shape index (κ3) is 3.13. The molecule has 0 aliphatic carbocycles. The molecule has 4 heteroatoms. The summed E-state index contributed by atoms with van der Waals surface area (Å²) in [6.45, 7) is 6.29. The standard InChI is InChI=1S/C11H22N2OS/c1-4-9(10(12)15)13-7-5-6-11(2,8-13)14-3/h9H,4-8H2,1-3H3,(H2,12,15). The highest BCUT2D eigenvalue weighted by Crippen LogP contribution is 2.25. The molecular weight excluding hydrogens is 208 g/mol. The molecule has 88 valence electrons. The predicted octanol–water partition coefficient (Wildman–Crippen LogP) is 1.55. The quantitative estimate of drug-likeness (QED) is 0.744. The molecule has 0 bridgehead atoms. The van der Waals surface area contributed by atoms with Crippen LogP contribution in [-0.2, 0) is 4.74 Å². The Bertz CT molecular complexity index is 235. The van der Waals surface area contributed by atoms with Gasteiger partial charge in [-0.2, -0.15) is 0 Å². The van der Waals surface area contributed by atoms with E-state index in [4.69, 9.17) is 22.7 Å². The van der Waals surface area contributed by atoms with E-state index in [9.17, 15) is 0 Å². The molecule has 0 aromatic carbocycles. The van der Waals surface area contributed by atoms with Crippen molar-refractivity contribution in [3.63, 3.8) is 0 Å². The van der Waals surface area contributed by atoms with Gasteiger partial charge in [-0.15, -0.1) is 0 Å². The van der Waals surface area contributed by atoms with E-state index < -0.39 is 0 Å². The molecule has 1 heterocycles. The molecule has 15 heavy (non-hydrogen) atoms. The van der Waals surface area contributed by atoms with Gasteiger partial charge in [-0.1, -0.05) is 19.1 Å². The van der Waals surface area contributed by atoms with Gasteiger partial charge in [0, 0.05) is 13.7 Å². The van der Waals surface area contributed by atoms with Crippen molar-refractivity contribution in [1.29, 1.82) is 0 Å². The Labute approximate surface area is 98.0 Å². The second kappa shape index (κ2) is 5.23. The molecular formula is C11H22N2OS. The number of likely N-dealkylation sites (tertiary alicyclic amines) is 1. The van der Waals surface area contributed by atoms with Gasteiger partial charge in [-0.05, 0) is 32.7 Å². The zero-order valence-electron chi connectivity index (χ0n) is 9.95. The molecule has 0 aromatic rings. The second-order valence-electron chi connectivity index (χ2n) is 4.55. The number of nitrogens with two attached hydrogens (primary N) is 1. The Morgan fingerprint density at radius 2 is 2.33 bits per heavy atom. The van der Waals surface area contributed by atoms with Gasteiger partial charge in [0.15, 0.2) is 0 Å². The molecule has 0 aromatic heterocycles. The molecule has 2 N–H and O–H groups in total. The van der Waals surface area contributed by atoms with Gasteiger partial charge >= 0.3 is 0 Å². The van der Waals surface area contributed by atoms with Crippen LogP contribution >= 0.6 is 12.2 Å². The van der Waals surface area contributed by atoms with Crippen molar-refractivity contribution >= 4 is 17.2 Å². The molecule has 2 atom stereocenters. The number of hydrogen-bond donors (Lipinski definition) is 1. The fourth-order valence-electron chi connectivity index (χ4n) is 2.32. The molecule has 1 aliphatic rings. The second-order valence-corrected chi connectivity index (χ2v) is 5.03. The molecule has 3 nitrogen and oxygen atoms in total. The van der Waals surface area contributed by atoms with Crippen LogP contribution in [0.2, 0.25) is 0 Å². The Morgan fingerprint density at radius 1 is 1.67 bits per heavy atom. The van der Waals surface area contributed by atoms with Crippen molar-refractivity contribution in [3.05, 3.63) is 0 Å². The first-order valence-corrected chi connectivity index (χ1v) is 6.02. The Balaban J connectivity index is 2.66. The predicted molar refractivity (Wildman–Crippen MR) is 67.1 cm³/mol. The molecule has 0 spiro atoms. The summed E-state index contributed by atoms with van der Waals surface area (Å²) in [7, 11) is 1.78. The minimum absolute atomic E-state index is 0.0313. The highest BCUT2D eigenvalue weighted by molar-refractivity contribution is 7.80. The van der Waals surface area contributed by atoms with Crippen LogP contribution in [0.5, 0.6) is 0 Å². The van der Waals surface area contributed by atoms with Gasteiger partial charge in [0.05, 0.1) is 16.6 Å². The van der Waals surface area contributed by atoms with Crippen molar-refractivity contribution in [2.24, 2.45) is 5.73 Å². The van der Waals surface area contributed by atoms with Crippen molar-refractivity contribution in [2.75, 3.05) is 20.2 Å². The van der Waals surface area contributed by atoms with Gasteiger partial charge in [0.2, 0.25) is 0 Å². The summed E-state index contributed by atoms with van der Waals surface area (Å²) < 4.78 is 5.56. The average Bonchev–Trinajstić information content (AvgIpc) is 2.18. The van der Waals surface area contributed by atoms with E-state index in [0.29, 0.717) is 4.99 Å². The van der Waals surface area contributed by atoms with Crippen molar-refractivity contribution < 1.29 is 4.74 Å². The van der Waals surface area contributed by atoms with E-state index in [-0.39, 0.29) is 11.6 Å². The summed E-state index contributed by atoms with van der Waals surface area (Å²) in [6.07, 6.45) is 3.26. The Kier molecular flexibility index (Phi) is 4.49. The van der Waals surface area contributed by atoms with Gasteiger partial charge < -0.3 is 10.5 Å². The fourth-order valence-corrected chi connectivity index (χ4v) is 2.63. The number of piperidine rings is 1. The lowest BCUT2D eigenvalue weighted by atomic mass is 9.93. The van der Waals surface area contributed by atoms with Crippen LogP contribution in [0.25, 0.3) is 0 Å². The van der Waals surface area contributed by atoms with Crippen molar-refractivity contribution in [1.82, 2.24) is 4.90 Å². The largest absolute Gasteiger partial charge is 0.392 e. The highest BCUT2D eigenvalue weighted by atomic mass is 32.1. The first kappa shape index (κ1) is 12.9. The van der Waals surface area contributed by atoms with E-state index in [0.717, 1.165) is 32.4 Å². The molecule has 0 saturated carbocycles. The van der Waals surface area contributed by atoms with Gasteiger partial charge in [0.1, 0.15) is 0 Å². The van der Waals surface area contributed by atoms with Gasteiger partial charge in [-0.3, -0.25) is 4.90 Å². The maximum absolute atomic E-state index is 5.76. The molecule has 1 aliphatic heterocycles. The number of hydrogen-bond acceptors (Lipinski definition) is 3. The maximum atomic E-state index is 5.76. The van der Waals surface area contributed by atoms with Crippen LogP contribution in [0.15, 0.2) is 0 Å². The van der Waals surface area contributed by atoms with Crippen molar-refractivity contribution in [3.8, 4) is 0 Å². The number of nitrogens with zero attached hydrogens (tertiary/aromatic N) is 1. The number of methoxy groups -OCH3 is 1. The molecule has 1 saturated heterocycles. The normalized spacial score (nSPS) is 30.1. The summed E-state index contributed by atoms with van der Waals surface area (Å²) in [5.74, 6) is 0. The zero-order valence-corrected chi connectivity index (χ0v) is 10.8. The minimum atomic E-state index is -0.0313. The van der Waals surface area contributed by atoms with Crippen LogP contribution in [-0.4, -0.2) is 41.7 Å². The van der Waals surface area contributed by atoms with E-state index >= 15 is 0 Å². The number of rotatable bonds is 4. The van der Waals surface area contributed by atoms with Crippen LogP contribution in [0, 0.1) is 0 Å². The Hall–Kier alpha value is -0.190. The Morgan fingerprint density at radius 3 is 2.80 bits per heavy atom. The first-order valence-electron chi connectivity index (χ1n) is 5.61. The lowest BCUT2D eigenvalue weighted by Gasteiger charge is -2.42. The van der Waals surface area contributed by atoms with E-state index in [1.165, 1.54) is 0 Å². The van der Waals surface area contributed by atoms with Crippen LogP contribution in [0.3, 0.4) is 0 Å². The van der Waals surface area contributed by atoms with Crippen LogP contribution < -0.4 is 5.73 Å². The molecule has 0 amide bonds. The summed E-state index contributed by atoms with van der Waals surface area (Å²) in [5, 5.41) is 0. The van der Waals surface area contributed by atoms with Crippen LogP contribution in [0.1, 0.15) is 33.1 Å². The first-order chi connectivity index (χ1) is 7.02. The van der Waals surface area contributed by atoms with E-state index in [2.05, 4.69) is 18.7 Å². The minimum Gasteiger partial charge on any atom is -0.392 e. The summed E-state index contributed by atoms with van der Waals surface area (Å²) in [4.78, 5) is 2.97. The summed E-state index contributed by atoms with van der Waals surface area (Å²) in [6, 6.07) is 0.231. The summed E-state index contributed by atoms with van der Waals surface area (Å²) in [5.41, 5.74) is 5.73. The topological polar surface area (TPSA) is 38.5 Å². The molecule has 1 rings (SSSR count). The molecule has 1 fully saturated rings. The monoisotopic (exact) mass is 230 g/mol. The third-order valence-corrected chi connectivity index (χ3v) is 3.61. The smallest absolute Gasteiger partial charge is 0.0901 e. The maximum Gasteiger partial charge on any atom is 0.0901 e. The number of thiocarbonyl (C=S) groups is 1. The number of ether oxygens (including phenoxy) is 1. The van der Waals surface area contributed by atoms with Crippen molar-refractivity contribution in [2.45, 2.75) is 44.8 Å². The third-order valence-electron chi connectivity index (χ3n) is 3.34. The van der Waals surface area contributed by atoms with Crippen LogP contribution in [0.4, 0.5) is 0 Å². The van der Waals surface area contributed by atoms with E-state index in [1.807, 2.05) is 0 Å². The fraction of sp³-hybridized carbons (Fsp3) is 0.909. The highest BCUT2D eigenvalue weighted by Gasteiger charge is 2.34. The molecule has 2 unspecified atom stereocenters. The SMILES string of the molecule is CCC(C(N)=S)N1CCCC(C)(OC)C1. The average molecular weight is 230 g/mol. The lowest BCUT2D eigenvalue weighted by molar-refractivity contribution is -0.0552. The zero-order chi connectivity index (χ0) is 11.5. The summed E-state index contributed by atoms with van der Waals surface area (Å²) >= 11 is 5.10. The van der Waals surface area contributed by atoms with E-state index in [1.54, 1.807) is 7.11 Å². The molecule has 0 radical (unpaired) electrons. The van der Waals surface area contributed by atoms with Gasteiger partial charge in [0.25, 0.3) is 0 Å².